The molecule has 1 aliphatic heterocycles. The van der Waals surface area contributed by atoms with Gasteiger partial charge in [0.25, 0.3) is 0 Å². The Labute approximate surface area is 356 Å². The van der Waals surface area contributed by atoms with E-state index in [0.29, 0.717) is 18.4 Å². The summed E-state index contributed by atoms with van der Waals surface area (Å²) in [6.07, 6.45) is -7.71. The molecule has 1 heterocycles. The molecule has 2 bridgehead atoms. The summed E-state index contributed by atoms with van der Waals surface area (Å²) < 4.78 is 35.9. The van der Waals surface area contributed by atoms with Crippen molar-refractivity contribution in [3.05, 3.63) is 47.0 Å². The molecule has 5 aliphatic rings. The first-order valence-corrected chi connectivity index (χ1v) is 21.2. The zero-order valence-electron chi connectivity index (χ0n) is 36.5. The first-order valence-electron chi connectivity index (χ1n) is 21.2. The van der Waals surface area contributed by atoms with Gasteiger partial charge in [-0.3, -0.25) is 19.2 Å². The predicted molar refractivity (Wildman–Crippen MR) is 214 cm³/mol. The lowest BCUT2D eigenvalue weighted by Gasteiger charge is -2.67. The number of nitrogens with one attached hydrogen (secondary N) is 1. The van der Waals surface area contributed by atoms with E-state index < -0.39 is 124 Å². The van der Waals surface area contributed by atoms with Crippen molar-refractivity contribution in [2.45, 2.75) is 167 Å². The number of ether oxygens (including phenoxy) is 6. The van der Waals surface area contributed by atoms with Crippen LogP contribution in [0, 0.1) is 22.7 Å². The molecule has 0 spiro atoms. The van der Waals surface area contributed by atoms with Gasteiger partial charge in [0.2, 0.25) is 0 Å². The Hall–Kier alpha value is -4.38. The molecule has 3 saturated carbocycles. The fourth-order valence-corrected chi connectivity index (χ4v) is 10.6. The smallest absolute Gasteiger partial charge is 0.408 e. The molecule has 4 N–H and O–H groups in total. The number of amides is 1. The molecule has 4 fully saturated rings. The number of carbonyl (C=O) groups is 6. The minimum atomic E-state index is -2.33. The molecule has 0 radical (unpaired) electrons. The highest BCUT2D eigenvalue weighted by molar-refractivity contribution is 5.95. The minimum Gasteiger partial charge on any atom is -0.459 e. The molecule has 0 aromatic heterocycles. The van der Waals surface area contributed by atoms with Crippen molar-refractivity contribution < 1.29 is 72.5 Å². The Morgan fingerprint density at radius 3 is 2.13 bits per heavy atom. The number of rotatable bonds is 9. The van der Waals surface area contributed by atoms with Gasteiger partial charge in [-0.2, -0.15) is 0 Å². The summed E-state index contributed by atoms with van der Waals surface area (Å²) in [7, 11) is 0. The standard InChI is InChI=1S/C45H61NO15/c1-23-28(58-39(53)33(50)32(26-16-12-10-13-17-26)46-40(54)61-41(4,5)6)21-45(55)37(59-38(52)27-18-14-11-15-19-27)35-43(9,29(49)20-30-44(35,22-56-30)60-25(3)48)36(51)34(57-24(2)47)31(23)42(45,7)8/h10,12-13,16-17,27-30,32-35,37,49-50,55H,11,14-15,18-22H2,1-9H3,(H,46,54)/t28-,29-,30+,32?,33+,34+,35?,37-,43+,44-,45+/m0/s1. The van der Waals surface area contributed by atoms with Crippen molar-refractivity contribution >= 4 is 35.8 Å². The lowest BCUT2D eigenvalue weighted by molar-refractivity contribution is -0.347. The second-order valence-electron chi connectivity index (χ2n) is 19.2. The van der Waals surface area contributed by atoms with Crippen molar-refractivity contribution in [3.8, 4) is 0 Å². The van der Waals surface area contributed by atoms with E-state index in [1.54, 1.807) is 65.0 Å². The third-order valence-electron chi connectivity index (χ3n) is 13.8. The molecular formula is C45H61NO15. The summed E-state index contributed by atoms with van der Waals surface area (Å²) >= 11 is 0. The van der Waals surface area contributed by atoms with Crippen LogP contribution < -0.4 is 5.32 Å². The summed E-state index contributed by atoms with van der Waals surface area (Å²) in [5.41, 5.74) is -8.04. The molecule has 61 heavy (non-hydrogen) atoms. The van der Waals surface area contributed by atoms with Gasteiger partial charge in [0.1, 0.15) is 29.5 Å². The first-order chi connectivity index (χ1) is 28.4. The predicted octanol–water partition coefficient (Wildman–Crippen LogP) is 4.10. The Bertz CT molecular complexity index is 1930. The summed E-state index contributed by atoms with van der Waals surface area (Å²) in [5, 5.41) is 40.0. The molecule has 16 heteroatoms. The van der Waals surface area contributed by atoms with E-state index in [-0.39, 0.29) is 24.2 Å². The molecule has 336 valence electrons. The van der Waals surface area contributed by atoms with Gasteiger partial charge in [-0.1, -0.05) is 63.4 Å². The van der Waals surface area contributed by atoms with Crippen LogP contribution in [0.1, 0.15) is 119 Å². The molecular weight excluding hydrogens is 794 g/mol. The van der Waals surface area contributed by atoms with Crippen LogP contribution in [0.2, 0.25) is 0 Å². The van der Waals surface area contributed by atoms with Gasteiger partial charge >= 0.3 is 30.0 Å². The highest BCUT2D eigenvalue weighted by Gasteiger charge is 2.78. The Balaban J connectivity index is 1.52. The number of ketones is 1. The maximum absolute atomic E-state index is 15.5. The Morgan fingerprint density at radius 2 is 1.57 bits per heavy atom. The van der Waals surface area contributed by atoms with Crippen LogP contribution in [0.15, 0.2) is 41.5 Å². The van der Waals surface area contributed by atoms with E-state index >= 15 is 4.79 Å². The average Bonchev–Trinajstić information content (AvgIpc) is 3.17. The fourth-order valence-electron chi connectivity index (χ4n) is 10.6. The van der Waals surface area contributed by atoms with E-state index in [9.17, 15) is 39.3 Å². The molecule has 4 aliphatic carbocycles. The number of aliphatic hydroxyl groups is 3. The number of Topliss-reactive ketones (excluding diaryl/α,β-unsaturated/α-hetero) is 1. The van der Waals surface area contributed by atoms with Crippen LogP contribution in [-0.2, 0) is 52.4 Å². The maximum atomic E-state index is 15.5. The minimum absolute atomic E-state index is 0.0272. The number of fused-ring (bicyclic) bond motifs is 5. The van der Waals surface area contributed by atoms with Crippen LogP contribution in [0.4, 0.5) is 4.79 Å². The van der Waals surface area contributed by atoms with Crippen LogP contribution in [-0.4, -0.2) is 111 Å². The van der Waals surface area contributed by atoms with Gasteiger partial charge in [-0.25, -0.2) is 9.59 Å². The molecule has 16 nitrogen and oxygen atoms in total. The largest absolute Gasteiger partial charge is 0.459 e. The normalized spacial score (nSPS) is 34.4. The van der Waals surface area contributed by atoms with Crippen LogP contribution in [0.3, 0.4) is 0 Å². The number of carbonyl (C=O) groups excluding carboxylic acids is 6. The molecule has 1 amide bonds. The van der Waals surface area contributed by atoms with Crippen molar-refractivity contribution in [2.24, 2.45) is 22.7 Å². The molecule has 2 unspecified atom stereocenters. The van der Waals surface area contributed by atoms with E-state index in [4.69, 9.17) is 28.4 Å². The molecule has 6 rings (SSSR count). The van der Waals surface area contributed by atoms with Crippen molar-refractivity contribution in [2.75, 3.05) is 6.61 Å². The summed E-state index contributed by atoms with van der Waals surface area (Å²) in [4.78, 5) is 83.1. The van der Waals surface area contributed by atoms with Crippen molar-refractivity contribution in [3.63, 3.8) is 0 Å². The van der Waals surface area contributed by atoms with Gasteiger partial charge in [-0.05, 0) is 64.2 Å². The monoisotopic (exact) mass is 855 g/mol. The lowest BCUT2D eigenvalue weighted by atomic mass is 9.44. The quantitative estimate of drug-likeness (QED) is 0.156. The summed E-state index contributed by atoms with van der Waals surface area (Å²) in [5.74, 6) is -6.40. The second kappa shape index (κ2) is 16.7. The van der Waals surface area contributed by atoms with Gasteiger partial charge in [0.15, 0.2) is 23.6 Å². The van der Waals surface area contributed by atoms with E-state index in [1.165, 1.54) is 20.8 Å². The zero-order chi connectivity index (χ0) is 45.0. The first kappa shape index (κ1) is 46.1. The van der Waals surface area contributed by atoms with Crippen molar-refractivity contribution in [1.82, 2.24) is 5.32 Å². The van der Waals surface area contributed by atoms with Crippen LogP contribution in [0.25, 0.3) is 0 Å². The fraction of sp³-hybridized carbons (Fsp3) is 0.689. The SMILES string of the molecule is CC(=O)O[C@H]1C(=O)[C@@]2(C)C([C@H](OC(=O)C3CCCCC3)[C@]3(O)C[C@H](OC(=O)[C@H](O)C(NC(=O)OC(C)(C)C)c4ccccc4)C(C)=C1C3(C)C)[C@]1(OC(C)=O)CO[C@@H]1C[C@@H]2O. The maximum Gasteiger partial charge on any atom is 0.408 e. The van der Waals surface area contributed by atoms with E-state index in [2.05, 4.69) is 5.32 Å². The number of alkyl carbamates (subject to hydrolysis) is 1. The number of aliphatic hydroxyl groups excluding tert-OH is 2. The Kier molecular flexibility index (Phi) is 12.6. The lowest BCUT2D eigenvalue weighted by Crippen LogP contribution is -2.82. The highest BCUT2D eigenvalue weighted by atomic mass is 16.6. The van der Waals surface area contributed by atoms with Crippen molar-refractivity contribution in [1.29, 1.82) is 0 Å². The molecule has 1 saturated heterocycles. The Morgan fingerprint density at radius 1 is 0.934 bits per heavy atom. The topological polar surface area (TPSA) is 231 Å². The van der Waals surface area contributed by atoms with E-state index in [0.717, 1.165) is 26.2 Å². The summed E-state index contributed by atoms with van der Waals surface area (Å²) in [6.45, 7) is 13.1. The van der Waals surface area contributed by atoms with Gasteiger partial charge < -0.3 is 49.1 Å². The van der Waals surface area contributed by atoms with Crippen LogP contribution >= 0.6 is 0 Å². The van der Waals surface area contributed by atoms with Gasteiger partial charge in [-0.15, -0.1) is 0 Å². The number of hydrogen-bond donors (Lipinski definition) is 4. The molecule has 1 aromatic carbocycles. The summed E-state index contributed by atoms with van der Waals surface area (Å²) in [6, 6.07) is 6.80. The highest BCUT2D eigenvalue weighted by Crippen LogP contribution is 2.64. The third-order valence-corrected chi connectivity index (χ3v) is 13.8. The number of esters is 4. The van der Waals surface area contributed by atoms with Gasteiger partial charge in [0.05, 0.1) is 36.0 Å². The number of hydrogen-bond acceptors (Lipinski definition) is 15. The zero-order valence-corrected chi connectivity index (χ0v) is 36.5. The van der Waals surface area contributed by atoms with E-state index in [1.807, 2.05) is 0 Å². The number of benzene rings is 1. The average molecular weight is 856 g/mol. The van der Waals surface area contributed by atoms with Crippen LogP contribution in [0.5, 0.6) is 0 Å². The molecule has 11 atom stereocenters. The van der Waals surface area contributed by atoms with Gasteiger partial charge in [0, 0.05) is 32.1 Å². The molecule has 1 aromatic rings. The second-order valence-corrected chi connectivity index (χ2v) is 19.2. The third kappa shape index (κ3) is 8.20.